The molecule has 0 N–H and O–H groups in total. The number of halogens is 1. The summed E-state index contributed by atoms with van der Waals surface area (Å²) in [6, 6.07) is 18.4. The van der Waals surface area contributed by atoms with Crippen molar-refractivity contribution in [2.75, 3.05) is 18.2 Å². The number of rotatable bonds is 5. The monoisotopic (exact) mass is 373 g/mol. The third-order valence-electron chi connectivity index (χ3n) is 3.80. The molecule has 5 heteroatoms. The molecule has 2 aromatic carbocycles. The predicted octanol–water partition coefficient (Wildman–Crippen LogP) is 6.05. The van der Waals surface area contributed by atoms with Gasteiger partial charge in [-0.15, -0.1) is 23.1 Å². The van der Waals surface area contributed by atoms with Crippen LogP contribution in [0.1, 0.15) is 0 Å². The van der Waals surface area contributed by atoms with Crippen molar-refractivity contribution in [1.29, 1.82) is 0 Å². The third-order valence-corrected chi connectivity index (χ3v) is 5.85. The minimum Gasteiger partial charge on any atom is -0.318 e. The van der Waals surface area contributed by atoms with E-state index in [1.165, 1.54) is 4.90 Å². The molecule has 122 valence electrons. The second kappa shape index (κ2) is 7.43. The Labute approximate surface area is 155 Å². The van der Waals surface area contributed by atoms with E-state index < -0.39 is 0 Å². The summed E-state index contributed by atoms with van der Waals surface area (Å²) in [7, 11) is 1.74. The van der Waals surface area contributed by atoms with E-state index in [9.17, 15) is 4.79 Å². The van der Waals surface area contributed by atoms with Gasteiger partial charge < -0.3 is 4.90 Å². The highest BCUT2D eigenvalue weighted by molar-refractivity contribution is 7.98. The Morgan fingerprint density at radius 3 is 2.25 bits per heavy atom. The Balaban J connectivity index is 2.00. The van der Waals surface area contributed by atoms with Crippen LogP contribution in [0.4, 0.5) is 5.69 Å². The summed E-state index contributed by atoms with van der Waals surface area (Å²) < 4.78 is 0.767. The molecule has 0 bridgehead atoms. The van der Waals surface area contributed by atoms with Crippen LogP contribution in [0.3, 0.4) is 0 Å². The molecule has 1 aromatic heterocycles. The third kappa shape index (κ3) is 3.51. The number of hydrogen-bond acceptors (Lipinski definition) is 3. The van der Waals surface area contributed by atoms with Crippen molar-refractivity contribution in [3.8, 4) is 21.6 Å². The van der Waals surface area contributed by atoms with Crippen LogP contribution in [0.15, 0.2) is 59.5 Å². The first-order valence-corrected chi connectivity index (χ1v) is 9.76. The number of carbonyl (C=O) groups excluding carboxylic acids is 1. The SMILES string of the molecule is CSc1ccc(-c2cc(Cl)sc2-c2ccc(N(C)C=O)cc2)cc1. The van der Waals surface area contributed by atoms with E-state index in [2.05, 4.69) is 30.5 Å². The molecule has 0 atom stereocenters. The molecule has 0 saturated carbocycles. The van der Waals surface area contributed by atoms with Gasteiger partial charge >= 0.3 is 0 Å². The van der Waals surface area contributed by atoms with Crippen LogP contribution in [0.5, 0.6) is 0 Å². The van der Waals surface area contributed by atoms with Crippen molar-refractivity contribution in [2.24, 2.45) is 0 Å². The van der Waals surface area contributed by atoms with Crippen molar-refractivity contribution < 1.29 is 4.79 Å². The molecule has 3 aromatic rings. The summed E-state index contributed by atoms with van der Waals surface area (Å²) in [6.07, 6.45) is 2.87. The van der Waals surface area contributed by atoms with E-state index >= 15 is 0 Å². The van der Waals surface area contributed by atoms with Crippen LogP contribution in [0.25, 0.3) is 21.6 Å². The summed E-state index contributed by atoms with van der Waals surface area (Å²) in [5, 5.41) is 0. The van der Waals surface area contributed by atoms with Crippen molar-refractivity contribution in [2.45, 2.75) is 4.90 Å². The number of amides is 1. The van der Waals surface area contributed by atoms with Crippen molar-refractivity contribution >= 4 is 46.8 Å². The van der Waals surface area contributed by atoms with Gasteiger partial charge in [0.15, 0.2) is 0 Å². The molecule has 1 heterocycles. The van der Waals surface area contributed by atoms with E-state index in [-0.39, 0.29) is 0 Å². The fourth-order valence-electron chi connectivity index (χ4n) is 2.47. The second-order valence-electron chi connectivity index (χ2n) is 5.29. The lowest BCUT2D eigenvalue weighted by atomic mass is 10.0. The van der Waals surface area contributed by atoms with Gasteiger partial charge in [-0.25, -0.2) is 0 Å². The van der Waals surface area contributed by atoms with E-state index in [0.29, 0.717) is 0 Å². The largest absolute Gasteiger partial charge is 0.318 e. The molecular weight excluding hydrogens is 358 g/mol. The highest BCUT2D eigenvalue weighted by atomic mass is 35.5. The molecule has 1 amide bonds. The van der Waals surface area contributed by atoms with E-state index in [0.717, 1.165) is 38.0 Å². The van der Waals surface area contributed by atoms with Gasteiger partial charge in [0.05, 0.1) is 4.34 Å². The van der Waals surface area contributed by atoms with Gasteiger partial charge in [-0.1, -0.05) is 35.9 Å². The van der Waals surface area contributed by atoms with Gasteiger partial charge in [-0.2, -0.15) is 0 Å². The maximum atomic E-state index is 10.9. The molecule has 0 saturated heterocycles. The standard InChI is InChI=1S/C19H16ClNOS2/c1-21(12-22)15-7-3-14(4-8-15)19-17(11-18(20)24-19)13-5-9-16(23-2)10-6-13/h3-12H,1-2H3. The summed E-state index contributed by atoms with van der Waals surface area (Å²) >= 11 is 9.59. The Kier molecular flexibility index (Phi) is 5.29. The first-order valence-electron chi connectivity index (χ1n) is 7.34. The van der Waals surface area contributed by atoms with E-state index in [1.54, 1.807) is 35.0 Å². The normalized spacial score (nSPS) is 10.6. The number of carbonyl (C=O) groups is 1. The Morgan fingerprint density at radius 2 is 1.67 bits per heavy atom. The zero-order chi connectivity index (χ0) is 17.1. The van der Waals surface area contributed by atoms with Gasteiger partial charge in [0, 0.05) is 28.1 Å². The zero-order valence-corrected chi connectivity index (χ0v) is 15.7. The lowest BCUT2D eigenvalue weighted by Crippen LogP contribution is -2.13. The van der Waals surface area contributed by atoms with E-state index in [1.807, 2.05) is 30.3 Å². The van der Waals surface area contributed by atoms with Gasteiger partial charge in [-0.3, -0.25) is 4.79 Å². The van der Waals surface area contributed by atoms with Crippen LogP contribution in [0.2, 0.25) is 4.34 Å². The molecule has 2 nitrogen and oxygen atoms in total. The Bertz CT molecular complexity index is 841. The second-order valence-corrected chi connectivity index (χ2v) is 7.85. The van der Waals surface area contributed by atoms with Gasteiger partial charge in [0.2, 0.25) is 6.41 Å². The Hall–Kier alpha value is -1.75. The minimum atomic E-state index is 0.767. The van der Waals surface area contributed by atoms with Crippen molar-refractivity contribution in [3.63, 3.8) is 0 Å². The average molecular weight is 374 g/mol. The van der Waals surface area contributed by atoms with Crippen LogP contribution in [-0.4, -0.2) is 19.7 Å². The number of anilines is 1. The first kappa shape index (κ1) is 17.1. The smallest absolute Gasteiger partial charge is 0.213 e. The summed E-state index contributed by atoms with van der Waals surface area (Å²) in [5.41, 5.74) is 4.25. The number of thioether (sulfide) groups is 1. The topological polar surface area (TPSA) is 20.3 Å². The summed E-state index contributed by atoms with van der Waals surface area (Å²) in [4.78, 5) is 14.8. The van der Waals surface area contributed by atoms with Crippen molar-refractivity contribution in [3.05, 3.63) is 58.9 Å². The first-order chi connectivity index (χ1) is 11.6. The quantitative estimate of drug-likeness (QED) is 0.400. The van der Waals surface area contributed by atoms with E-state index in [4.69, 9.17) is 11.6 Å². The lowest BCUT2D eigenvalue weighted by molar-refractivity contribution is -0.107. The zero-order valence-electron chi connectivity index (χ0n) is 13.3. The number of thiophene rings is 1. The Morgan fingerprint density at radius 1 is 1.04 bits per heavy atom. The number of benzene rings is 2. The molecule has 0 aliphatic rings. The summed E-state index contributed by atoms with van der Waals surface area (Å²) in [6.45, 7) is 0. The van der Waals surface area contributed by atoms with Crippen LogP contribution in [0, 0.1) is 0 Å². The maximum absolute atomic E-state index is 10.9. The van der Waals surface area contributed by atoms with Gasteiger partial charge in [0.1, 0.15) is 0 Å². The van der Waals surface area contributed by atoms with Gasteiger partial charge in [-0.05, 0) is 47.7 Å². The van der Waals surface area contributed by atoms with Crippen LogP contribution < -0.4 is 4.90 Å². The van der Waals surface area contributed by atoms with Crippen LogP contribution in [-0.2, 0) is 4.79 Å². The molecule has 0 spiro atoms. The fraction of sp³-hybridized carbons (Fsp3) is 0.105. The number of nitrogens with zero attached hydrogens (tertiary/aromatic N) is 1. The highest BCUT2D eigenvalue weighted by Crippen LogP contribution is 2.42. The maximum Gasteiger partial charge on any atom is 0.213 e. The molecule has 3 rings (SSSR count). The molecular formula is C19H16ClNOS2. The predicted molar refractivity (Wildman–Crippen MR) is 106 cm³/mol. The lowest BCUT2D eigenvalue weighted by Gasteiger charge is -2.11. The highest BCUT2D eigenvalue weighted by Gasteiger charge is 2.13. The number of hydrogen-bond donors (Lipinski definition) is 0. The molecule has 0 aliphatic heterocycles. The molecule has 0 radical (unpaired) electrons. The van der Waals surface area contributed by atoms with Crippen molar-refractivity contribution in [1.82, 2.24) is 0 Å². The molecule has 24 heavy (non-hydrogen) atoms. The van der Waals surface area contributed by atoms with Gasteiger partial charge in [0.25, 0.3) is 0 Å². The fourth-order valence-corrected chi connectivity index (χ4v) is 4.13. The average Bonchev–Trinajstić information content (AvgIpc) is 3.03. The minimum absolute atomic E-state index is 0.767. The van der Waals surface area contributed by atoms with Crippen LogP contribution >= 0.6 is 34.7 Å². The summed E-state index contributed by atoms with van der Waals surface area (Å²) in [5.74, 6) is 0. The molecule has 0 fully saturated rings. The molecule has 0 unspecified atom stereocenters. The molecule has 0 aliphatic carbocycles.